The van der Waals surface area contributed by atoms with Crippen LogP contribution in [0.2, 0.25) is 0 Å². The summed E-state index contributed by atoms with van der Waals surface area (Å²) in [5.41, 5.74) is 1.25. The van der Waals surface area contributed by atoms with Crippen molar-refractivity contribution in [2.24, 2.45) is 0 Å². The lowest BCUT2D eigenvalue weighted by Crippen LogP contribution is -2.40. The lowest BCUT2D eigenvalue weighted by molar-refractivity contribution is -0.149. The summed E-state index contributed by atoms with van der Waals surface area (Å²) in [6.07, 6.45) is 24.4. The van der Waals surface area contributed by atoms with Gasteiger partial charge < -0.3 is 24.6 Å². The Morgan fingerprint density at radius 1 is 0.913 bits per heavy atom. The normalized spacial score (nSPS) is 17.1. The Bertz CT molecular complexity index is 983. The number of nitrogens with one attached hydrogen (secondary N) is 1. The molecule has 0 bridgehead atoms. The van der Waals surface area contributed by atoms with Gasteiger partial charge in [0.25, 0.3) is 5.91 Å². The Morgan fingerprint density at radius 3 is 2.02 bits per heavy atom. The quantitative estimate of drug-likeness (QED) is 0.0773. The highest BCUT2D eigenvalue weighted by Gasteiger charge is 2.33. The molecule has 1 aromatic heterocycles. The molecule has 0 aliphatic carbocycles. The molecule has 3 unspecified atom stereocenters. The molecule has 1 aromatic rings. The van der Waals surface area contributed by atoms with Gasteiger partial charge >= 0.3 is 5.97 Å². The Hall–Kier alpha value is -2.42. The van der Waals surface area contributed by atoms with Crippen molar-refractivity contribution in [3.05, 3.63) is 17.7 Å². The highest BCUT2D eigenvalue weighted by molar-refractivity contribution is 5.94. The second-order valence-corrected chi connectivity index (χ2v) is 13.6. The number of unbranched alkanes of at least 4 members (excludes halogenated alkanes) is 17. The Morgan fingerprint density at radius 2 is 1.46 bits per heavy atom. The van der Waals surface area contributed by atoms with Gasteiger partial charge in [0.2, 0.25) is 5.91 Å². The number of nitrogens with zero attached hydrogens (tertiary/aromatic N) is 3. The average Bonchev–Trinajstić information content (AvgIpc) is 3.49. The van der Waals surface area contributed by atoms with Crippen LogP contribution in [0.5, 0.6) is 0 Å². The zero-order chi connectivity index (χ0) is 33.6. The van der Waals surface area contributed by atoms with E-state index in [4.69, 9.17) is 4.74 Å². The zero-order valence-electron chi connectivity index (χ0n) is 29.7. The van der Waals surface area contributed by atoms with Crippen molar-refractivity contribution in [3.8, 4) is 0 Å². The Balaban J connectivity index is 1.56. The third kappa shape index (κ3) is 15.9. The number of aromatic amines is 1. The molecule has 0 fully saturated rings. The summed E-state index contributed by atoms with van der Waals surface area (Å²) in [6, 6.07) is 0. The molecule has 1 aliphatic rings. The van der Waals surface area contributed by atoms with Crippen molar-refractivity contribution in [1.82, 2.24) is 19.8 Å². The molecule has 0 radical (unpaired) electrons. The first kappa shape index (κ1) is 39.8. The molecule has 0 spiro atoms. The maximum atomic E-state index is 12.9. The van der Waals surface area contributed by atoms with Gasteiger partial charge in [-0.3, -0.25) is 14.4 Å². The number of ether oxygens (including phenoxy) is 1. The number of carbonyl (C=O) groups is 3. The number of amides is 2. The average molecular weight is 647 g/mol. The lowest BCUT2D eigenvalue weighted by Gasteiger charge is -2.26. The minimum atomic E-state index is -0.779. The molecular weight excluding hydrogens is 580 g/mol. The van der Waals surface area contributed by atoms with Crippen molar-refractivity contribution in [1.29, 1.82) is 0 Å². The fraction of sp³-hybridized carbons (Fsp3) is 0.838. The van der Waals surface area contributed by atoms with Crippen LogP contribution in [0, 0.1) is 0 Å². The number of hydrogen-bond donors (Lipinski definition) is 2. The molecular formula is C37H66N4O5. The summed E-state index contributed by atoms with van der Waals surface area (Å²) in [5, 5.41) is 10.6. The number of fused-ring (bicyclic) bond motifs is 1. The van der Waals surface area contributed by atoms with Crippen molar-refractivity contribution >= 4 is 17.8 Å². The van der Waals surface area contributed by atoms with Crippen molar-refractivity contribution in [2.75, 3.05) is 19.6 Å². The summed E-state index contributed by atoms with van der Waals surface area (Å²) in [4.78, 5) is 47.7. The first-order valence-corrected chi connectivity index (χ1v) is 18.7. The second-order valence-electron chi connectivity index (χ2n) is 13.6. The number of imidazole rings is 1. The van der Waals surface area contributed by atoms with Gasteiger partial charge in [0.15, 0.2) is 0 Å². The summed E-state index contributed by atoms with van der Waals surface area (Å²) >= 11 is 0. The minimum absolute atomic E-state index is 0.0499. The topological polar surface area (TPSA) is 116 Å². The van der Waals surface area contributed by atoms with Crippen molar-refractivity contribution in [2.45, 2.75) is 181 Å². The molecule has 0 saturated heterocycles. The number of carbonyl (C=O) groups excluding carboxylic acids is 3. The molecule has 2 heterocycles. The van der Waals surface area contributed by atoms with Crippen LogP contribution in [0.1, 0.15) is 185 Å². The third-order valence-electron chi connectivity index (χ3n) is 9.46. The van der Waals surface area contributed by atoms with Gasteiger partial charge in [0.1, 0.15) is 18.0 Å². The monoisotopic (exact) mass is 647 g/mol. The lowest BCUT2D eigenvalue weighted by atomic mass is 10.0. The van der Waals surface area contributed by atoms with Gasteiger partial charge in [0, 0.05) is 39.3 Å². The van der Waals surface area contributed by atoms with Gasteiger partial charge in [-0.2, -0.15) is 0 Å². The molecule has 3 atom stereocenters. The summed E-state index contributed by atoms with van der Waals surface area (Å²) < 4.78 is 5.62. The molecule has 2 N–H and O–H groups in total. The fourth-order valence-corrected chi connectivity index (χ4v) is 6.66. The van der Waals surface area contributed by atoms with Crippen LogP contribution in [-0.2, 0) is 14.3 Å². The van der Waals surface area contributed by atoms with Crippen molar-refractivity contribution < 1.29 is 24.2 Å². The number of aliphatic hydroxyl groups excluding tert-OH is 1. The number of hydrogen-bond acceptors (Lipinski definition) is 6. The van der Waals surface area contributed by atoms with Gasteiger partial charge in [-0.15, -0.1) is 0 Å². The van der Waals surface area contributed by atoms with Crippen LogP contribution in [-0.4, -0.2) is 74.6 Å². The van der Waals surface area contributed by atoms with E-state index in [9.17, 15) is 19.5 Å². The molecule has 0 aromatic carbocycles. The van der Waals surface area contributed by atoms with E-state index in [2.05, 4.69) is 16.9 Å². The number of rotatable bonds is 26. The van der Waals surface area contributed by atoms with E-state index in [1.807, 2.05) is 11.8 Å². The molecule has 9 heteroatoms. The number of esters is 1. The second kappa shape index (κ2) is 23.8. The zero-order valence-corrected chi connectivity index (χ0v) is 29.7. The predicted octanol–water partition coefficient (Wildman–Crippen LogP) is 8.28. The summed E-state index contributed by atoms with van der Waals surface area (Å²) in [7, 11) is 0. The molecule has 264 valence electrons. The molecule has 2 rings (SSSR count). The number of aromatic nitrogens is 2. The van der Waals surface area contributed by atoms with Gasteiger partial charge in [0.05, 0.1) is 18.6 Å². The Labute approximate surface area is 279 Å². The maximum Gasteiger partial charge on any atom is 0.302 e. The highest BCUT2D eigenvalue weighted by atomic mass is 16.5. The Kier molecular flexibility index (Phi) is 20.6. The van der Waals surface area contributed by atoms with Gasteiger partial charge in [-0.25, -0.2) is 4.98 Å². The van der Waals surface area contributed by atoms with E-state index in [0.29, 0.717) is 25.2 Å². The van der Waals surface area contributed by atoms with Crippen LogP contribution in [0.15, 0.2) is 6.33 Å². The largest absolute Gasteiger partial charge is 0.461 e. The van der Waals surface area contributed by atoms with Crippen molar-refractivity contribution in [3.63, 3.8) is 0 Å². The SMILES string of the molecule is CCCCCCCCCCCCCCN(CC(CCCCCCCCCN1C(=O)c2nc[nH]c2C(C)CC1O)OC(C)=O)C(C)=O. The van der Waals surface area contributed by atoms with E-state index in [0.717, 1.165) is 76.4 Å². The number of H-pyrrole nitrogens is 1. The van der Waals surface area contributed by atoms with E-state index < -0.39 is 6.23 Å². The van der Waals surface area contributed by atoms with E-state index >= 15 is 0 Å². The summed E-state index contributed by atoms with van der Waals surface area (Å²) in [6.45, 7) is 9.07. The first-order chi connectivity index (χ1) is 22.2. The van der Waals surface area contributed by atoms with Gasteiger partial charge in [-0.05, 0) is 25.7 Å². The van der Waals surface area contributed by atoms with Crippen LogP contribution in [0.25, 0.3) is 0 Å². The number of aliphatic hydroxyl groups is 1. The smallest absolute Gasteiger partial charge is 0.302 e. The van der Waals surface area contributed by atoms with E-state index in [1.165, 1.54) is 71.1 Å². The van der Waals surface area contributed by atoms with E-state index in [1.54, 1.807) is 18.2 Å². The van der Waals surface area contributed by atoms with Crippen LogP contribution in [0.4, 0.5) is 0 Å². The van der Waals surface area contributed by atoms with Crippen LogP contribution in [0.3, 0.4) is 0 Å². The maximum absolute atomic E-state index is 12.9. The molecule has 2 amide bonds. The highest BCUT2D eigenvalue weighted by Crippen LogP contribution is 2.28. The molecule has 0 saturated carbocycles. The minimum Gasteiger partial charge on any atom is -0.461 e. The molecule has 9 nitrogen and oxygen atoms in total. The fourth-order valence-electron chi connectivity index (χ4n) is 6.66. The standard InChI is InChI=1S/C37H66N4O5/c1-5-6-7-8-9-10-11-12-13-16-19-22-25-40(31(3)42)28-33(46-32(4)43)24-21-18-15-14-17-20-23-26-41-34(44)27-30(2)35-36(37(41)45)39-29-38-35/h29-30,33-34,44H,5-28H2,1-4H3,(H,38,39). The van der Waals surface area contributed by atoms with Crippen LogP contribution >= 0.6 is 0 Å². The third-order valence-corrected chi connectivity index (χ3v) is 9.46. The molecule has 1 aliphatic heterocycles. The van der Waals surface area contributed by atoms with E-state index in [-0.39, 0.29) is 29.8 Å². The first-order valence-electron chi connectivity index (χ1n) is 18.7. The summed E-state index contributed by atoms with van der Waals surface area (Å²) in [5.74, 6) is -0.363. The predicted molar refractivity (Wildman–Crippen MR) is 184 cm³/mol. The van der Waals surface area contributed by atoms with Crippen LogP contribution < -0.4 is 0 Å². The molecule has 46 heavy (non-hydrogen) atoms. The van der Waals surface area contributed by atoms with Gasteiger partial charge in [-0.1, -0.05) is 117 Å².